The molecule has 23 heavy (non-hydrogen) atoms. The minimum Gasteiger partial charge on any atom is -0.467 e. The molecule has 0 aliphatic carbocycles. The zero-order valence-corrected chi connectivity index (χ0v) is 12.8. The summed E-state index contributed by atoms with van der Waals surface area (Å²) >= 11 is 0. The van der Waals surface area contributed by atoms with E-state index >= 15 is 0 Å². The third kappa shape index (κ3) is 4.66. The van der Waals surface area contributed by atoms with Gasteiger partial charge in [-0.3, -0.25) is 4.79 Å². The first-order valence-corrected chi connectivity index (χ1v) is 7.27. The fourth-order valence-corrected chi connectivity index (χ4v) is 2.24. The summed E-state index contributed by atoms with van der Waals surface area (Å²) < 4.78 is 4.58. The van der Waals surface area contributed by atoms with Gasteiger partial charge in [-0.25, -0.2) is 4.79 Å². The van der Waals surface area contributed by atoms with Crippen molar-refractivity contribution in [2.24, 2.45) is 0 Å². The van der Waals surface area contributed by atoms with Crippen molar-refractivity contribution in [3.05, 3.63) is 71.8 Å². The first-order chi connectivity index (χ1) is 11.1. The Labute approximate surface area is 134 Å². The van der Waals surface area contributed by atoms with Gasteiger partial charge in [0.15, 0.2) is 6.10 Å². The van der Waals surface area contributed by atoms with Crippen molar-refractivity contribution in [2.75, 3.05) is 7.11 Å². The standard InChI is InChI=1S/C18H19NO4/c1-23-18(22)16(20)15(12-13-8-4-2-5-9-13)19-17(21)14-10-6-3-7-11-14/h2-11,15-16,20H,12H2,1H3,(H,19,21)/t15-,16+/m0/s1. The Balaban J connectivity index is 2.16. The van der Waals surface area contributed by atoms with Gasteiger partial charge in [0, 0.05) is 5.56 Å². The maximum Gasteiger partial charge on any atom is 0.336 e. The zero-order valence-electron chi connectivity index (χ0n) is 12.8. The smallest absolute Gasteiger partial charge is 0.336 e. The molecule has 0 aliphatic heterocycles. The van der Waals surface area contributed by atoms with Crippen molar-refractivity contribution < 1.29 is 19.4 Å². The molecule has 0 spiro atoms. The first kappa shape index (κ1) is 16.7. The Morgan fingerprint density at radius 2 is 1.61 bits per heavy atom. The molecule has 0 aromatic heterocycles. The second kappa shape index (κ2) is 8.10. The van der Waals surface area contributed by atoms with E-state index in [0.29, 0.717) is 12.0 Å². The molecule has 2 rings (SSSR count). The van der Waals surface area contributed by atoms with Gasteiger partial charge in [0.25, 0.3) is 5.91 Å². The van der Waals surface area contributed by atoms with E-state index in [-0.39, 0.29) is 5.91 Å². The second-order valence-corrected chi connectivity index (χ2v) is 5.10. The van der Waals surface area contributed by atoms with Crippen LogP contribution in [0.2, 0.25) is 0 Å². The van der Waals surface area contributed by atoms with E-state index in [1.54, 1.807) is 24.3 Å². The summed E-state index contributed by atoms with van der Waals surface area (Å²) in [7, 11) is 1.20. The number of aliphatic hydroxyl groups is 1. The Kier molecular flexibility index (Phi) is 5.88. The van der Waals surface area contributed by atoms with Crippen LogP contribution in [0, 0.1) is 0 Å². The SMILES string of the molecule is COC(=O)[C@H](O)[C@H](Cc1ccccc1)NC(=O)c1ccccc1. The van der Waals surface area contributed by atoms with E-state index in [9.17, 15) is 14.7 Å². The van der Waals surface area contributed by atoms with Crippen LogP contribution in [0.1, 0.15) is 15.9 Å². The molecule has 0 radical (unpaired) electrons. The number of hydrogen-bond donors (Lipinski definition) is 2. The average molecular weight is 313 g/mol. The minimum absolute atomic E-state index is 0.315. The van der Waals surface area contributed by atoms with Crippen molar-refractivity contribution in [2.45, 2.75) is 18.6 Å². The predicted octanol–water partition coefficient (Wildman–Crippen LogP) is 1.56. The van der Waals surface area contributed by atoms with Crippen LogP contribution in [0.15, 0.2) is 60.7 Å². The van der Waals surface area contributed by atoms with Crippen LogP contribution < -0.4 is 5.32 Å². The van der Waals surface area contributed by atoms with Crippen LogP contribution in [0.4, 0.5) is 0 Å². The quantitative estimate of drug-likeness (QED) is 0.794. The van der Waals surface area contributed by atoms with Crippen LogP contribution in [-0.2, 0) is 16.0 Å². The molecule has 5 nitrogen and oxygen atoms in total. The lowest BCUT2D eigenvalue weighted by Gasteiger charge is -2.22. The largest absolute Gasteiger partial charge is 0.467 e. The highest BCUT2D eigenvalue weighted by molar-refractivity contribution is 5.94. The highest BCUT2D eigenvalue weighted by Crippen LogP contribution is 2.09. The van der Waals surface area contributed by atoms with Gasteiger partial charge in [-0.1, -0.05) is 48.5 Å². The van der Waals surface area contributed by atoms with E-state index in [1.807, 2.05) is 36.4 Å². The Hall–Kier alpha value is -2.66. The molecule has 5 heteroatoms. The highest BCUT2D eigenvalue weighted by Gasteiger charge is 2.28. The van der Waals surface area contributed by atoms with Gasteiger partial charge in [0.1, 0.15) is 0 Å². The predicted molar refractivity (Wildman–Crippen MR) is 85.9 cm³/mol. The van der Waals surface area contributed by atoms with Crippen molar-refractivity contribution in [3.8, 4) is 0 Å². The molecule has 0 heterocycles. The molecule has 0 fully saturated rings. The lowest BCUT2D eigenvalue weighted by Crippen LogP contribution is -2.48. The maximum absolute atomic E-state index is 12.3. The molecule has 0 saturated heterocycles. The number of hydrogen-bond acceptors (Lipinski definition) is 4. The molecule has 0 unspecified atom stereocenters. The number of rotatable bonds is 6. The van der Waals surface area contributed by atoms with E-state index in [2.05, 4.69) is 10.1 Å². The van der Waals surface area contributed by atoms with Gasteiger partial charge in [0.05, 0.1) is 13.2 Å². The number of aliphatic hydroxyl groups excluding tert-OH is 1. The topological polar surface area (TPSA) is 75.6 Å². The van der Waals surface area contributed by atoms with E-state index in [1.165, 1.54) is 7.11 Å². The lowest BCUT2D eigenvalue weighted by molar-refractivity contribution is -0.151. The Bertz CT molecular complexity index is 643. The van der Waals surface area contributed by atoms with Gasteiger partial charge >= 0.3 is 5.97 Å². The van der Waals surface area contributed by atoms with Gasteiger partial charge in [0.2, 0.25) is 0 Å². The minimum atomic E-state index is -1.44. The van der Waals surface area contributed by atoms with Crippen molar-refractivity contribution in [1.29, 1.82) is 0 Å². The van der Waals surface area contributed by atoms with Gasteiger partial charge < -0.3 is 15.2 Å². The third-order valence-electron chi connectivity index (χ3n) is 3.47. The molecule has 0 aliphatic rings. The molecule has 2 atom stereocenters. The summed E-state index contributed by atoms with van der Waals surface area (Å²) in [5, 5.41) is 12.9. The molecule has 0 bridgehead atoms. The van der Waals surface area contributed by atoms with E-state index in [4.69, 9.17) is 0 Å². The van der Waals surface area contributed by atoms with Crippen LogP contribution in [-0.4, -0.2) is 36.2 Å². The van der Waals surface area contributed by atoms with Gasteiger partial charge in [-0.05, 0) is 24.1 Å². The van der Waals surface area contributed by atoms with Crippen molar-refractivity contribution in [3.63, 3.8) is 0 Å². The first-order valence-electron chi connectivity index (χ1n) is 7.27. The number of nitrogens with one attached hydrogen (secondary N) is 1. The number of esters is 1. The molecule has 1 amide bonds. The highest BCUT2D eigenvalue weighted by atomic mass is 16.5. The number of amides is 1. The molecular weight excluding hydrogens is 294 g/mol. The zero-order chi connectivity index (χ0) is 16.7. The van der Waals surface area contributed by atoms with E-state index < -0.39 is 18.1 Å². The van der Waals surface area contributed by atoms with Gasteiger partial charge in [-0.15, -0.1) is 0 Å². The molecular formula is C18H19NO4. The number of methoxy groups -OCH3 is 1. The van der Waals surface area contributed by atoms with Crippen LogP contribution in [0.5, 0.6) is 0 Å². The fraction of sp³-hybridized carbons (Fsp3) is 0.222. The summed E-state index contributed by atoms with van der Waals surface area (Å²) in [5.41, 5.74) is 1.36. The van der Waals surface area contributed by atoms with E-state index in [0.717, 1.165) is 5.56 Å². The summed E-state index contributed by atoms with van der Waals surface area (Å²) in [4.78, 5) is 23.9. The summed E-state index contributed by atoms with van der Waals surface area (Å²) in [6.45, 7) is 0. The summed E-state index contributed by atoms with van der Waals surface area (Å²) in [6, 6.07) is 17.2. The third-order valence-corrected chi connectivity index (χ3v) is 3.47. The van der Waals surface area contributed by atoms with Crippen LogP contribution in [0.3, 0.4) is 0 Å². The molecule has 2 aromatic rings. The van der Waals surface area contributed by atoms with Crippen LogP contribution in [0.25, 0.3) is 0 Å². The van der Waals surface area contributed by atoms with Crippen molar-refractivity contribution >= 4 is 11.9 Å². The second-order valence-electron chi connectivity index (χ2n) is 5.10. The molecule has 120 valence electrons. The molecule has 2 aromatic carbocycles. The monoisotopic (exact) mass is 313 g/mol. The Morgan fingerprint density at radius 3 is 2.17 bits per heavy atom. The number of carbonyl (C=O) groups is 2. The number of ether oxygens (including phenoxy) is 1. The average Bonchev–Trinajstić information content (AvgIpc) is 2.61. The molecule has 2 N–H and O–H groups in total. The fourth-order valence-electron chi connectivity index (χ4n) is 2.24. The molecule has 0 saturated carbocycles. The number of carbonyl (C=O) groups excluding carboxylic acids is 2. The van der Waals surface area contributed by atoms with Crippen LogP contribution >= 0.6 is 0 Å². The van der Waals surface area contributed by atoms with Gasteiger partial charge in [-0.2, -0.15) is 0 Å². The lowest BCUT2D eigenvalue weighted by atomic mass is 10.0. The number of benzene rings is 2. The summed E-state index contributed by atoms with van der Waals surface area (Å²) in [6.07, 6.45) is -1.12. The maximum atomic E-state index is 12.3. The normalized spacial score (nSPS) is 13.0. The Morgan fingerprint density at radius 1 is 1.04 bits per heavy atom. The summed E-state index contributed by atoms with van der Waals surface area (Å²) in [5.74, 6) is -1.13. The van der Waals surface area contributed by atoms with Crippen molar-refractivity contribution in [1.82, 2.24) is 5.32 Å².